The SMILES string of the molecule is O=C(CC(CCn1nnc2ccccc2c1=O)C(=O)O)c1coc2cc(OCCC3CCCCC3)ccc12. The Hall–Kier alpha value is -4.01. The minimum atomic E-state index is -1.11. The molecule has 0 radical (unpaired) electrons. The normalized spacial score (nSPS) is 15.1. The quantitative estimate of drug-likeness (QED) is 0.268. The van der Waals surface area contributed by atoms with Crippen molar-refractivity contribution in [2.24, 2.45) is 11.8 Å². The number of ether oxygens (including phenoxy) is 1. The van der Waals surface area contributed by atoms with Gasteiger partial charge in [-0.15, -0.1) is 5.10 Å². The number of ketones is 1. The van der Waals surface area contributed by atoms with Gasteiger partial charge in [0.2, 0.25) is 0 Å². The molecule has 1 N–H and O–H groups in total. The zero-order valence-corrected chi connectivity index (χ0v) is 21.2. The fraction of sp³-hybridized carbons (Fsp3) is 0.414. The summed E-state index contributed by atoms with van der Waals surface area (Å²) in [7, 11) is 0. The molecule has 0 saturated heterocycles. The fourth-order valence-corrected chi connectivity index (χ4v) is 5.23. The predicted octanol–water partition coefficient (Wildman–Crippen LogP) is 5.25. The van der Waals surface area contributed by atoms with Crippen LogP contribution < -0.4 is 10.3 Å². The van der Waals surface area contributed by atoms with E-state index in [9.17, 15) is 19.5 Å². The van der Waals surface area contributed by atoms with E-state index in [-0.39, 0.29) is 30.7 Å². The third-order valence-corrected chi connectivity index (χ3v) is 7.47. The first-order chi connectivity index (χ1) is 18.5. The molecule has 4 aromatic rings. The van der Waals surface area contributed by atoms with Crippen LogP contribution in [-0.4, -0.2) is 38.5 Å². The highest BCUT2D eigenvalue weighted by atomic mass is 16.5. The van der Waals surface area contributed by atoms with Crippen molar-refractivity contribution < 1.29 is 23.8 Å². The Balaban J connectivity index is 1.21. The van der Waals surface area contributed by atoms with Gasteiger partial charge in [-0.05, 0) is 43.0 Å². The lowest BCUT2D eigenvalue weighted by atomic mass is 9.87. The number of carbonyl (C=O) groups excluding carboxylic acids is 1. The van der Waals surface area contributed by atoms with Crippen LogP contribution in [0.25, 0.3) is 21.9 Å². The molecule has 38 heavy (non-hydrogen) atoms. The second-order valence-electron chi connectivity index (χ2n) is 10.0. The Morgan fingerprint density at radius 2 is 1.92 bits per heavy atom. The minimum Gasteiger partial charge on any atom is -0.493 e. The first kappa shape index (κ1) is 25.6. The van der Waals surface area contributed by atoms with E-state index in [0.717, 1.165) is 17.0 Å². The summed E-state index contributed by atoms with van der Waals surface area (Å²) >= 11 is 0. The summed E-state index contributed by atoms with van der Waals surface area (Å²) in [5, 5.41) is 18.7. The molecule has 1 aliphatic carbocycles. The number of aromatic nitrogens is 3. The van der Waals surface area contributed by atoms with Gasteiger partial charge >= 0.3 is 5.97 Å². The Bertz CT molecular complexity index is 1500. The Kier molecular flexibility index (Phi) is 7.81. The molecular weight excluding hydrogens is 486 g/mol. The molecule has 1 unspecified atom stereocenters. The summed E-state index contributed by atoms with van der Waals surface area (Å²) in [5.41, 5.74) is 0.989. The van der Waals surface area contributed by atoms with Crippen LogP contribution in [0.4, 0.5) is 0 Å². The highest BCUT2D eigenvalue weighted by Gasteiger charge is 2.25. The second kappa shape index (κ2) is 11.6. The smallest absolute Gasteiger partial charge is 0.307 e. The van der Waals surface area contributed by atoms with E-state index in [1.165, 1.54) is 38.4 Å². The molecule has 1 atom stereocenters. The lowest BCUT2D eigenvalue weighted by Crippen LogP contribution is -2.27. The van der Waals surface area contributed by atoms with E-state index >= 15 is 0 Å². The van der Waals surface area contributed by atoms with E-state index in [2.05, 4.69) is 10.3 Å². The van der Waals surface area contributed by atoms with Gasteiger partial charge in [0.1, 0.15) is 23.1 Å². The molecule has 198 valence electrons. The van der Waals surface area contributed by atoms with Crippen LogP contribution in [0.2, 0.25) is 0 Å². The van der Waals surface area contributed by atoms with Crippen molar-refractivity contribution in [3.63, 3.8) is 0 Å². The number of hydrogen-bond donors (Lipinski definition) is 1. The van der Waals surface area contributed by atoms with Crippen LogP contribution in [-0.2, 0) is 11.3 Å². The molecule has 0 amide bonds. The minimum absolute atomic E-state index is 0.0363. The summed E-state index contributed by atoms with van der Waals surface area (Å²) in [6.07, 6.45) is 8.73. The lowest BCUT2D eigenvalue weighted by molar-refractivity contribution is -0.142. The van der Waals surface area contributed by atoms with Gasteiger partial charge in [-0.1, -0.05) is 49.5 Å². The lowest BCUT2D eigenvalue weighted by Gasteiger charge is -2.21. The van der Waals surface area contributed by atoms with E-state index in [0.29, 0.717) is 39.8 Å². The number of aryl methyl sites for hydroxylation is 1. The standard InChI is InChI=1S/C29H31N3O6/c33-26(16-20(29(35)36)12-14-32-28(34)23-8-4-5-9-25(23)30-31-32)24-18-38-27-17-21(10-11-22(24)27)37-15-13-19-6-2-1-3-7-19/h4-5,8-11,17-20H,1-3,6-7,12-16H2,(H,35,36). The summed E-state index contributed by atoms with van der Waals surface area (Å²) in [4.78, 5) is 37.7. The summed E-state index contributed by atoms with van der Waals surface area (Å²) < 4.78 is 12.7. The highest BCUT2D eigenvalue weighted by Crippen LogP contribution is 2.29. The molecular formula is C29H31N3O6. The van der Waals surface area contributed by atoms with E-state index in [4.69, 9.17) is 9.15 Å². The summed E-state index contributed by atoms with van der Waals surface area (Å²) in [6.45, 7) is 0.683. The number of furan rings is 1. The van der Waals surface area contributed by atoms with Crippen molar-refractivity contribution in [3.8, 4) is 5.75 Å². The Morgan fingerprint density at radius 3 is 2.74 bits per heavy atom. The molecule has 1 aliphatic rings. The molecule has 9 heteroatoms. The molecule has 2 aromatic carbocycles. The van der Waals surface area contributed by atoms with Gasteiger partial charge in [-0.25, -0.2) is 4.68 Å². The van der Waals surface area contributed by atoms with Gasteiger partial charge in [-0.2, -0.15) is 0 Å². The van der Waals surface area contributed by atoms with Crippen LogP contribution in [0.15, 0.2) is 57.9 Å². The number of Topliss-reactive ketones (excluding diaryl/α,β-unsaturated/α-hetero) is 1. The third-order valence-electron chi connectivity index (χ3n) is 7.47. The highest BCUT2D eigenvalue weighted by molar-refractivity contribution is 6.08. The van der Waals surface area contributed by atoms with Gasteiger partial charge in [0, 0.05) is 24.4 Å². The van der Waals surface area contributed by atoms with Crippen molar-refractivity contribution in [3.05, 3.63) is 64.6 Å². The number of nitrogens with zero attached hydrogens (tertiary/aromatic N) is 3. The molecule has 1 fully saturated rings. The first-order valence-corrected chi connectivity index (χ1v) is 13.2. The maximum Gasteiger partial charge on any atom is 0.307 e. The molecule has 0 spiro atoms. The maximum absolute atomic E-state index is 13.1. The predicted molar refractivity (Wildman–Crippen MR) is 141 cm³/mol. The fourth-order valence-electron chi connectivity index (χ4n) is 5.23. The maximum atomic E-state index is 13.1. The van der Waals surface area contributed by atoms with E-state index in [1.807, 2.05) is 6.07 Å². The number of benzene rings is 2. The largest absolute Gasteiger partial charge is 0.493 e. The Labute approximate surface area is 219 Å². The number of aliphatic carboxylic acids is 1. The molecule has 0 bridgehead atoms. The number of hydrogen-bond acceptors (Lipinski definition) is 7. The first-order valence-electron chi connectivity index (χ1n) is 13.2. The molecule has 5 rings (SSSR count). The average molecular weight is 518 g/mol. The van der Waals surface area contributed by atoms with Crippen LogP contribution >= 0.6 is 0 Å². The van der Waals surface area contributed by atoms with Crippen molar-refractivity contribution in [1.82, 2.24) is 15.0 Å². The zero-order chi connectivity index (χ0) is 26.5. The number of rotatable bonds is 11. The molecule has 0 aliphatic heterocycles. The number of carboxylic acid groups (broad SMARTS) is 1. The van der Waals surface area contributed by atoms with E-state index in [1.54, 1.807) is 36.4 Å². The van der Waals surface area contributed by atoms with Crippen LogP contribution in [0.5, 0.6) is 5.75 Å². The van der Waals surface area contributed by atoms with E-state index < -0.39 is 11.9 Å². The van der Waals surface area contributed by atoms with Gasteiger partial charge in [0.15, 0.2) is 5.78 Å². The van der Waals surface area contributed by atoms with Crippen molar-refractivity contribution in [2.45, 2.75) is 57.9 Å². The van der Waals surface area contributed by atoms with Gasteiger partial charge in [0.25, 0.3) is 5.56 Å². The molecule has 2 aromatic heterocycles. The molecule has 1 saturated carbocycles. The number of carbonyl (C=O) groups is 2. The summed E-state index contributed by atoms with van der Waals surface area (Å²) in [5.74, 6) is -1.02. The van der Waals surface area contributed by atoms with Crippen molar-refractivity contribution >= 4 is 33.6 Å². The van der Waals surface area contributed by atoms with Crippen molar-refractivity contribution in [1.29, 1.82) is 0 Å². The van der Waals surface area contributed by atoms with Gasteiger partial charge < -0.3 is 14.3 Å². The van der Waals surface area contributed by atoms with Crippen LogP contribution in [0.3, 0.4) is 0 Å². The molecule has 9 nitrogen and oxygen atoms in total. The second-order valence-corrected chi connectivity index (χ2v) is 10.0. The van der Waals surface area contributed by atoms with Crippen LogP contribution in [0.1, 0.15) is 61.7 Å². The van der Waals surface area contributed by atoms with Crippen molar-refractivity contribution in [2.75, 3.05) is 6.61 Å². The third kappa shape index (κ3) is 5.77. The van der Waals surface area contributed by atoms with Gasteiger partial charge in [-0.3, -0.25) is 14.4 Å². The number of fused-ring (bicyclic) bond motifs is 2. The number of carboxylic acids is 1. The Morgan fingerprint density at radius 1 is 1.11 bits per heavy atom. The topological polar surface area (TPSA) is 125 Å². The average Bonchev–Trinajstić information content (AvgIpc) is 3.36. The summed E-state index contributed by atoms with van der Waals surface area (Å²) in [6, 6.07) is 12.2. The van der Waals surface area contributed by atoms with Gasteiger partial charge in [0.05, 0.1) is 23.5 Å². The van der Waals surface area contributed by atoms with Crippen LogP contribution in [0, 0.1) is 11.8 Å². The zero-order valence-electron chi connectivity index (χ0n) is 21.2. The monoisotopic (exact) mass is 517 g/mol. The molecule has 2 heterocycles.